The summed E-state index contributed by atoms with van der Waals surface area (Å²) in [5, 5.41) is 13.8. The van der Waals surface area contributed by atoms with Gasteiger partial charge in [0.2, 0.25) is 17.7 Å². The second kappa shape index (κ2) is 9.75. The van der Waals surface area contributed by atoms with Crippen LogP contribution in [0.25, 0.3) is 0 Å². The van der Waals surface area contributed by atoms with Gasteiger partial charge in [0, 0.05) is 19.4 Å². The van der Waals surface area contributed by atoms with Crippen molar-refractivity contribution in [3.63, 3.8) is 0 Å². The zero-order valence-corrected chi connectivity index (χ0v) is 14.4. The van der Waals surface area contributed by atoms with E-state index in [1.54, 1.807) is 0 Å². The third-order valence-corrected chi connectivity index (χ3v) is 4.46. The van der Waals surface area contributed by atoms with E-state index in [0.717, 1.165) is 25.7 Å². The highest BCUT2D eigenvalue weighted by atomic mass is 127. The summed E-state index contributed by atoms with van der Waals surface area (Å²) in [4.78, 5) is 42.0. The molecule has 1 saturated heterocycles. The molecule has 0 spiro atoms. The Labute approximate surface area is 142 Å². The number of nitrogens with one attached hydrogen (secondary N) is 2. The minimum Gasteiger partial charge on any atom is -0.481 e. The number of hydrogen-bond donors (Lipinski definition) is 3. The molecule has 1 heterocycles. The van der Waals surface area contributed by atoms with E-state index in [1.807, 2.05) is 22.6 Å². The topological polar surface area (TPSA) is 113 Å². The number of aliphatic carboxylic acids is 1. The van der Waals surface area contributed by atoms with Gasteiger partial charge in [-0.05, 0) is 31.6 Å². The first-order valence-corrected chi connectivity index (χ1v) is 8.83. The highest BCUT2D eigenvalue weighted by Crippen LogP contribution is 2.28. The van der Waals surface area contributed by atoms with Crippen LogP contribution in [0.3, 0.4) is 0 Å². The van der Waals surface area contributed by atoms with Crippen LogP contribution in [0.1, 0.15) is 38.5 Å². The van der Waals surface area contributed by atoms with Gasteiger partial charge in [0.15, 0.2) is 0 Å². The predicted molar refractivity (Wildman–Crippen MR) is 87.4 cm³/mol. The van der Waals surface area contributed by atoms with Crippen LogP contribution in [0.15, 0.2) is 0 Å². The Morgan fingerprint density at radius 1 is 1.14 bits per heavy atom. The predicted octanol–water partition coefficient (Wildman–Crippen LogP) is 0.852. The normalized spacial score (nSPS) is 24.0. The third kappa shape index (κ3) is 7.19. The summed E-state index contributed by atoms with van der Waals surface area (Å²) in [6.45, 7) is 0.703. The standard InChI is InChI=1S/C10H16INO3.C4H5NO2/c11-5-9(13)12-6-7-1-3-8(4-2-7)10(14)15;6-3-1-2-4(7)5-3/h7-8H,1-6H2,(H,12,13)(H,14,15);1-2H2,(H,5,6,7). The number of halogens is 1. The highest BCUT2D eigenvalue weighted by molar-refractivity contribution is 14.1. The summed E-state index contributed by atoms with van der Waals surface area (Å²) in [6.07, 6.45) is 4.08. The molecule has 1 aliphatic heterocycles. The van der Waals surface area contributed by atoms with Crippen molar-refractivity contribution < 1.29 is 24.3 Å². The Balaban J connectivity index is 0.000000287. The molecule has 3 N–H and O–H groups in total. The molecule has 0 aromatic carbocycles. The molecule has 0 radical (unpaired) electrons. The van der Waals surface area contributed by atoms with Crippen LogP contribution in [0.5, 0.6) is 0 Å². The van der Waals surface area contributed by atoms with Gasteiger partial charge >= 0.3 is 5.97 Å². The molecule has 22 heavy (non-hydrogen) atoms. The van der Waals surface area contributed by atoms with Crippen LogP contribution in [-0.4, -0.2) is 39.8 Å². The van der Waals surface area contributed by atoms with Gasteiger partial charge in [-0.1, -0.05) is 22.6 Å². The van der Waals surface area contributed by atoms with Crippen LogP contribution in [0.4, 0.5) is 0 Å². The summed E-state index contributed by atoms with van der Waals surface area (Å²) < 4.78 is 0.488. The van der Waals surface area contributed by atoms with E-state index in [-0.39, 0.29) is 23.6 Å². The summed E-state index contributed by atoms with van der Waals surface area (Å²) in [6, 6.07) is 0. The van der Waals surface area contributed by atoms with Gasteiger partial charge in [0.25, 0.3) is 0 Å². The third-order valence-electron chi connectivity index (χ3n) is 3.76. The van der Waals surface area contributed by atoms with Crippen molar-refractivity contribution in [1.29, 1.82) is 0 Å². The Morgan fingerprint density at radius 2 is 1.68 bits per heavy atom. The van der Waals surface area contributed by atoms with Crippen LogP contribution in [0.2, 0.25) is 0 Å². The molecule has 3 amide bonds. The number of amides is 3. The first-order valence-electron chi connectivity index (χ1n) is 7.30. The number of rotatable bonds is 4. The molecule has 2 fully saturated rings. The fraction of sp³-hybridized carbons (Fsp3) is 0.714. The molecular formula is C14H21IN2O5. The fourth-order valence-corrected chi connectivity index (χ4v) is 2.70. The second-order valence-corrected chi connectivity index (χ2v) is 6.23. The molecule has 0 aromatic heterocycles. The molecule has 1 saturated carbocycles. The molecule has 2 aliphatic rings. The van der Waals surface area contributed by atoms with E-state index >= 15 is 0 Å². The van der Waals surface area contributed by atoms with Crippen molar-refractivity contribution in [2.24, 2.45) is 11.8 Å². The monoisotopic (exact) mass is 424 g/mol. The zero-order chi connectivity index (χ0) is 16.5. The maximum absolute atomic E-state index is 11.0. The number of carboxylic acids is 1. The number of imide groups is 1. The lowest BCUT2D eigenvalue weighted by molar-refractivity contribution is -0.143. The Bertz CT molecular complexity index is 419. The van der Waals surface area contributed by atoms with E-state index in [4.69, 9.17) is 5.11 Å². The minimum absolute atomic E-state index is 0.0657. The first-order chi connectivity index (χ1) is 10.4. The van der Waals surface area contributed by atoms with E-state index in [9.17, 15) is 19.2 Å². The fourth-order valence-electron chi connectivity index (χ4n) is 2.43. The summed E-state index contributed by atoms with van der Waals surface area (Å²) >= 11 is 2.03. The van der Waals surface area contributed by atoms with Crippen molar-refractivity contribution in [2.45, 2.75) is 38.5 Å². The lowest BCUT2D eigenvalue weighted by Gasteiger charge is -2.25. The SMILES string of the molecule is O=C(CI)NCC1CCC(C(=O)O)CC1.O=C1CCC(=O)N1. The maximum atomic E-state index is 11.0. The Kier molecular flexibility index (Phi) is 8.36. The van der Waals surface area contributed by atoms with Crippen molar-refractivity contribution in [3.8, 4) is 0 Å². The van der Waals surface area contributed by atoms with Gasteiger partial charge in [-0.3, -0.25) is 24.5 Å². The molecule has 0 aromatic rings. The van der Waals surface area contributed by atoms with Gasteiger partial charge < -0.3 is 10.4 Å². The second-order valence-electron chi connectivity index (χ2n) is 5.46. The molecule has 0 bridgehead atoms. The largest absolute Gasteiger partial charge is 0.481 e. The quantitative estimate of drug-likeness (QED) is 0.352. The van der Waals surface area contributed by atoms with Gasteiger partial charge in [0.05, 0.1) is 10.3 Å². The van der Waals surface area contributed by atoms with E-state index < -0.39 is 5.97 Å². The van der Waals surface area contributed by atoms with Crippen molar-refractivity contribution in [1.82, 2.24) is 10.6 Å². The van der Waals surface area contributed by atoms with Crippen molar-refractivity contribution >= 4 is 46.3 Å². The number of carbonyl (C=O) groups is 4. The van der Waals surface area contributed by atoms with E-state index in [0.29, 0.717) is 29.7 Å². The lowest BCUT2D eigenvalue weighted by atomic mass is 9.82. The molecule has 0 atom stereocenters. The highest BCUT2D eigenvalue weighted by Gasteiger charge is 2.25. The number of hydrogen-bond acceptors (Lipinski definition) is 4. The molecule has 2 rings (SSSR count). The van der Waals surface area contributed by atoms with Crippen LogP contribution >= 0.6 is 22.6 Å². The number of alkyl halides is 1. The maximum Gasteiger partial charge on any atom is 0.306 e. The average Bonchev–Trinajstić information content (AvgIpc) is 2.89. The van der Waals surface area contributed by atoms with E-state index in [1.165, 1.54) is 0 Å². The molecule has 0 unspecified atom stereocenters. The molecule has 1 aliphatic carbocycles. The Morgan fingerprint density at radius 3 is 2.05 bits per heavy atom. The minimum atomic E-state index is -0.676. The number of carbonyl (C=O) groups excluding carboxylic acids is 3. The molecule has 7 nitrogen and oxygen atoms in total. The summed E-state index contributed by atoms with van der Waals surface area (Å²) in [5.74, 6) is -0.607. The van der Waals surface area contributed by atoms with Gasteiger partial charge in [-0.15, -0.1) is 0 Å². The van der Waals surface area contributed by atoms with Crippen LogP contribution in [-0.2, 0) is 19.2 Å². The smallest absolute Gasteiger partial charge is 0.306 e. The molecular weight excluding hydrogens is 403 g/mol. The van der Waals surface area contributed by atoms with E-state index in [2.05, 4.69) is 10.6 Å². The first kappa shape index (κ1) is 18.9. The molecule has 8 heteroatoms. The van der Waals surface area contributed by atoms with Crippen molar-refractivity contribution in [2.75, 3.05) is 11.0 Å². The average molecular weight is 424 g/mol. The lowest BCUT2D eigenvalue weighted by Crippen LogP contribution is -2.32. The van der Waals surface area contributed by atoms with Gasteiger partial charge in [-0.2, -0.15) is 0 Å². The number of carboxylic acid groups (broad SMARTS) is 1. The Hall–Kier alpha value is -1.19. The van der Waals surface area contributed by atoms with Gasteiger partial charge in [-0.25, -0.2) is 0 Å². The summed E-state index contributed by atoms with van der Waals surface area (Å²) in [5.41, 5.74) is 0. The van der Waals surface area contributed by atoms with Crippen LogP contribution in [0, 0.1) is 11.8 Å². The van der Waals surface area contributed by atoms with Crippen LogP contribution < -0.4 is 10.6 Å². The summed E-state index contributed by atoms with van der Waals surface area (Å²) in [7, 11) is 0. The van der Waals surface area contributed by atoms with Gasteiger partial charge in [0.1, 0.15) is 0 Å². The zero-order valence-electron chi connectivity index (χ0n) is 12.3. The van der Waals surface area contributed by atoms with Crippen molar-refractivity contribution in [3.05, 3.63) is 0 Å². The molecule has 124 valence electrons.